The molecule has 96 valence electrons. The van der Waals surface area contributed by atoms with Crippen molar-refractivity contribution in [2.45, 2.75) is 13.0 Å². The molecule has 0 bridgehead atoms. The van der Waals surface area contributed by atoms with Gasteiger partial charge in [0.25, 0.3) is 0 Å². The maximum Gasteiger partial charge on any atom is 0.0947 e. The van der Waals surface area contributed by atoms with Gasteiger partial charge in [-0.15, -0.1) is 0 Å². The third kappa shape index (κ3) is 2.69. The Balaban J connectivity index is 2.47. The van der Waals surface area contributed by atoms with Crippen LogP contribution >= 0.6 is 23.2 Å². The van der Waals surface area contributed by atoms with Gasteiger partial charge in [0.05, 0.1) is 18.1 Å². The van der Waals surface area contributed by atoms with Crippen LogP contribution < -0.4 is 5.32 Å². The Morgan fingerprint density at radius 1 is 1.33 bits per heavy atom. The second-order valence-corrected chi connectivity index (χ2v) is 4.90. The minimum absolute atomic E-state index is 0.0857. The molecule has 0 aliphatic carbocycles. The first-order valence-corrected chi connectivity index (χ1v) is 6.54. The Morgan fingerprint density at radius 3 is 2.50 bits per heavy atom. The summed E-state index contributed by atoms with van der Waals surface area (Å²) in [5, 5.41) is 4.67. The minimum Gasteiger partial charge on any atom is -0.340 e. The van der Waals surface area contributed by atoms with Crippen LogP contribution in [0.15, 0.2) is 30.7 Å². The van der Waals surface area contributed by atoms with Crippen molar-refractivity contribution in [3.8, 4) is 0 Å². The van der Waals surface area contributed by atoms with Crippen molar-refractivity contribution < 1.29 is 0 Å². The molecule has 1 heterocycles. The van der Waals surface area contributed by atoms with E-state index >= 15 is 0 Å². The molecule has 2 rings (SSSR count). The number of benzene rings is 1. The Kier molecular flexibility index (Phi) is 4.27. The van der Waals surface area contributed by atoms with Gasteiger partial charge in [-0.25, -0.2) is 4.98 Å². The standard InChI is InChI=1S/C13H15Cl2N3/c1-3-16-13(11-7-18(2)8-17-11)12-9(14)5-4-6-10(12)15/h4-8,13,16H,3H2,1-2H3. The Morgan fingerprint density at radius 2 is 2.00 bits per heavy atom. The van der Waals surface area contributed by atoms with E-state index in [0.29, 0.717) is 10.0 Å². The van der Waals surface area contributed by atoms with Crippen LogP contribution in [0.1, 0.15) is 24.2 Å². The normalized spacial score (nSPS) is 12.7. The number of aromatic nitrogens is 2. The van der Waals surface area contributed by atoms with Crippen LogP contribution in [0.4, 0.5) is 0 Å². The monoisotopic (exact) mass is 283 g/mol. The van der Waals surface area contributed by atoms with Crippen LogP contribution in [0, 0.1) is 0 Å². The third-order valence-corrected chi connectivity index (χ3v) is 3.38. The lowest BCUT2D eigenvalue weighted by atomic mass is 10.0. The number of nitrogens with one attached hydrogen (secondary N) is 1. The molecule has 1 N–H and O–H groups in total. The lowest BCUT2D eigenvalue weighted by Crippen LogP contribution is -2.23. The SMILES string of the molecule is CCNC(c1cn(C)cn1)c1c(Cl)cccc1Cl. The van der Waals surface area contributed by atoms with E-state index in [1.807, 2.05) is 42.9 Å². The van der Waals surface area contributed by atoms with Crippen LogP contribution in [-0.2, 0) is 7.05 Å². The summed E-state index contributed by atoms with van der Waals surface area (Å²) in [7, 11) is 1.94. The van der Waals surface area contributed by atoms with Crippen molar-refractivity contribution in [2.24, 2.45) is 7.05 Å². The summed E-state index contributed by atoms with van der Waals surface area (Å²) >= 11 is 12.5. The molecule has 0 spiro atoms. The summed E-state index contributed by atoms with van der Waals surface area (Å²) < 4.78 is 1.91. The fourth-order valence-corrected chi connectivity index (χ4v) is 2.54. The molecule has 0 fully saturated rings. The van der Waals surface area contributed by atoms with Crippen molar-refractivity contribution in [3.05, 3.63) is 52.0 Å². The van der Waals surface area contributed by atoms with Gasteiger partial charge in [0, 0.05) is 28.9 Å². The molecular weight excluding hydrogens is 269 g/mol. The van der Waals surface area contributed by atoms with Crippen LogP contribution in [0.5, 0.6) is 0 Å². The van der Waals surface area contributed by atoms with Crippen molar-refractivity contribution in [2.75, 3.05) is 6.54 Å². The second kappa shape index (κ2) is 5.74. The third-order valence-electron chi connectivity index (χ3n) is 2.72. The highest BCUT2D eigenvalue weighted by atomic mass is 35.5. The van der Waals surface area contributed by atoms with E-state index in [2.05, 4.69) is 10.3 Å². The number of hydrogen-bond donors (Lipinski definition) is 1. The van der Waals surface area contributed by atoms with Gasteiger partial charge in [-0.05, 0) is 18.7 Å². The highest BCUT2D eigenvalue weighted by Crippen LogP contribution is 2.33. The second-order valence-electron chi connectivity index (χ2n) is 4.09. The molecule has 0 aliphatic rings. The van der Waals surface area contributed by atoms with Crippen molar-refractivity contribution >= 4 is 23.2 Å². The number of imidazole rings is 1. The van der Waals surface area contributed by atoms with E-state index < -0.39 is 0 Å². The summed E-state index contributed by atoms with van der Waals surface area (Å²) in [5.74, 6) is 0. The van der Waals surface area contributed by atoms with Crippen LogP contribution in [0.3, 0.4) is 0 Å². The van der Waals surface area contributed by atoms with Crippen molar-refractivity contribution in [3.63, 3.8) is 0 Å². The van der Waals surface area contributed by atoms with Gasteiger partial charge >= 0.3 is 0 Å². The fraction of sp³-hybridized carbons (Fsp3) is 0.308. The van der Waals surface area contributed by atoms with Crippen molar-refractivity contribution in [1.29, 1.82) is 0 Å². The van der Waals surface area contributed by atoms with E-state index in [-0.39, 0.29) is 6.04 Å². The predicted molar refractivity (Wildman–Crippen MR) is 75.2 cm³/mol. The molecule has 1 unspecified atom stereocenters. The van der Waals surface area contributed by atoms with Gasteiger partial charge in [-0.1, -0.05) is 36.2 Å². The average Bonchev–Trinajstić information content (AvgIpc) is 2.74. The molecule has 0 saturated carbocycles. The molecule has 0 radical (unpaired) electrons. The molecule has 1 aromatic carbocycles. The van der Waals surface area contributed by atoms with E-state index in [0.717, 1.165) is 17.8 Å². The molecule has 1 aromatic heterocycles. The number of rotatable bonds is 4. The Bertz CT molecular complexity index is 517. The number of hydrogen-bond acceptors (Lipinski definition) is 2. The van der Waals surface area contributed by atoms with Crippen LogP contribution in [-0.4, -0.2) is 16.1 Å². The van der Waals surface area contributed by atoms with Gasteiger partial charge in [-0.3, -0.25) is 0 Å². The number of halogens is 2. The van der Waals surface area contributed by atoms with Crippen LogP contribution in [0.25, 0.3) is 0 Å². The summed E-state index contributed by atoms with van der Waals surface area (Å²) in [6.45, 7) is 2.85. The quantitative estimate of drug-likeness (QED) is 0.932. The van der Waals surface area contributed by atoms with Crippen molar-refractivity contribution in [1.82, 2.24) is 14.9 Å². The molecule has 18 heavy (non-hydrogen) atoms. The fourth-order valence-electron chi connectivity index (χ4n) is 1.93. The zero-order valence-electron chi connectivity index (χ0n) is 10.3. The van der Waals surface area contributed by atoms with Gasteiger partial charge < -0.3 is 9.88 Å². The van der Waals surface area contributed by atoms with Gasteiger partial charge in [0.1, 0.15) is 0 Å². The van der Waals surface area contributed by atoms with E-state index in [4.69, 9.17) is 23.2 Å². The number of aryl methyl sites for hydroxylation is 1. The molecule has 0 amide bonds. The molecule has 1 atom stereocenters. The Hall–Kier alpha value is -1.03. The first kappa shape index (κ1) is 13.4. The lowest BCUT2D eigenvalue weighted by Gasteiger charge is -2.19. The van der Waals surface area contributed by atoms with E-state index in [9.17, 15) is 0 Å². The molecule has 2 aromatic rings. The molecule has 5 heteroatoms. The molecule has 3 nitrogen and oxygen atoms in total. The first-order chi connectivity index (χ1) is 8.63. The summed E-state index contributed by atoms with van der Waals surface area (Å²) in [6.07, 6.45) is 3.73. The number of nitrogens with zero attached hydrogens (tertiary/aromatic N) is 2. The van der Waals surface area contributed by atoms with Gasteiger partial charge in [0.15, 0.2) is 0 Å². The van der Waals surface area contributed by atoms with Gasteiger partial charge in [-0.2, -0.15) is 0 Å². The molecular formula is C13H15Cl2N3. The van der Waals surface area contributed by atoms with Gasteiger partial charge in [0.2, 0.25) is 0 Å². The average molecular weight is 284 g/mol. The topological polar surface area (TPSA) is 29.9 Å². The van der Waals surface area contributed by atoms with E-state index in [1.165, 1.54) is 0 Å². The zero-order chi connectivity index (χ0) is 13.1. The molecule has 0 saturated heterocycles. The highest BCUT2D eigenvalue weighted by Gasteiger charge is 2.20. The predicted octanol–water partition coefficient (Wildman–Crippen LogP) is 3.43. The summed E-state index contributed by atoms with van der Waals surface area (Å²) in [6, 6.07) is 5.44. The smallest absolute Gasteiger partial charge is 0.0947 e. The van der Waals surface area contributed by atoms with Crippen LogP contribution in [0.2, 0.25) is 10.0 Å². The Labute approximate surface area is 117 Å². The molecule has 0 aliphatic heterocycles. The maximum atomic E-state index is 6.26. The maximum absolute atomic E-state index is 6.26. The summed E-state index contributed by atoms with van der Waals surface area (Å²) in [5.41, 5.74) is 1.79. The largest absolute Gasteiger partial charge is 0.340 e. The summed E-state index contributed by atoms with van der Waals surface area (Å²) in [4.78, 5) is 4.38. The lowest BCUT2D eigenvalue weighted by molar-refractivity contribution is 0.618. The highest BCUT2D eigenvalue weighted by molar-refractivity contribution is 6.36. The zero-order valence-corrected chi connectivity index (χ0v) is 11.8. The first-order valence-electron chi connectivity index (χ1n) is 5.78. The minimum atomic E-state index is -0.0857. The van der Waals surface area contributed by atoms with E-state index in [1.54, 1.807) is 6.33 Å².